The number of nitrogens with one attached hydrogen (secondary N) is 1. The third-order valence-electron chi connectivity index (χ3n) is 1.19. The van der Waals surface area contributed by atoms with E-state index in [9.17, 15) is 0 Å². The number of aliphatic hydroxyl groups is 1. The minimum Gasteiger partial charge on any atom is -0.492 e. The molecular weight excluding hydrogens is 160 g/mol. The Labute approximate surface area is 69.1 Å². The Kier molecular flexibility index (Phi) is 2.65. The maximum atomic E-state index is 9.02. The first-order valence-corrected chi connectivity index (χ1v) is 3.40. The predicted octanol–water partition coefficient (Wildman–Crippen LogP) is -0.831. The lowest BCUT2D eigenvalue weighted by atomic mass is 10.5. The van der Waals surface area contributed by atoms with Gasteiger partial charge < -0.3 is 21.3 Å². The van der Waals surface area contributed by atoms with E-state index in [2.05, 4.69) is 15.3 Å². The molecule has 0 unspecified atom stereocenters. The van der Waals surface area contributed by atoms with Crippen LogP contribution < -0.4 is 11.1 Å². The van der Waals surface area contributed by atoms with Gasteiger partial charge in [-0.05, 0) is 0 Å². The van der Waals surface area contributed by atoms with Gasteiger partial charge in [-0.3, -0.25) is 0 Å². The monoisotopic (exact) mass is 170 g/mol. The molecule has 12 heavy (non-hydrogen) atoms. The first-order valence-electron chi connectivity index (χ1n) is 3.40. The fourth-order valence-electron chi connectivity index (χ4n) is 0.635. The number of hydrogen-bond donors (Lipinski definition) is 4. The van der Waals surface area contributed by atoms with E-state index >= 15 is 0 Å². The van der Waals surface area contributed by atoms with Gasteiger partial charge in [0.2, 0.25) is 11.8 Å². The molecule has 1 aromatic rings. The third kappa shape index (κ3) is 1.96. The quantitative estimate of drug-likeness (QED) is 0.472. The Morgan fingerprint density at radius 2 is 2.33 bits per heavy atom. The van der Waals surface area contributed by atoms with Gasteiger partial charge in [-0.2, -0.15) is 4.98 Å². The Hall–Kier alpha value is -1.56. The van der Waals surface area contributed by atoms with Crippen molar-refractivity contribution in [2.45, 2.75) is 0 Å². The van der Waals surface area contributed by atoms with Crippen LogP contribution >= 0.6 is 0 Å². The zero-order chi connectivity index (χ0) is 8.97. The summed E-state index contributed by atoms with van der Waals surface area (Å²) in [6.07, 6.45) is 1.29. The van der Waals surface area contributed by atoms with Crippen molar-refractivity contribution in [2.75, 3.05) is 24.2 Å². The van der Waals surface area contributed by atoms with E-state index in [1.54, 1.807) is 0 Å². The van der Waals surface area contributed by atoms with Crippen LogP contribution in [0, 0.1) is 0 Å². The molecule has 6 heteroatoms. The summed E-state index contributed by atoms with van der Waals surface area (Å²) >= 11 is 0. The number of hydrogen-bond acceptors (Lipinski definition) is 6. The largest absolute Gasteiger partial charge is 0.492 e. The molecular formula is C6H10N4O2. The van der Waals surface area contributed by atoms with Crippen LogP contribution in [0.5, 0.6) is 5.88 Å². The van der Waals surface area contributed by atoms with E-state index in [-0.39, 0.29) is 24.1 Å². The van der Waals surface area contributed by atoms with Crippen LogP contribution in [0.15, 0.2) is 6.20 Å². The van der Waals surface area contributed by atoms with E-state index in [1.807, 2.05) is 0 Å². The molecule has 0 radical (unpaired) electrons. The first kappa shape index (κ1) is 8.54. The van der Waals surface area contributed by atoms with Crippen LogP contribution in [0.25, 0.3) is 0 Å². The Bertz CT molecular complexity index is 266. The van der Waals surface area contributed by atoms with E-state index < -0.39 is 0 Å². The molecule has 66 valence electrons. The van der Waals surface area contributed by atoms with Crippen molar-refractivity contribution >= 4 is 11.6 Å². The highest BCUT2D eigenvalue weighted by Gasteiger charge is 2.00. The molecule has 6 nitrogen and oxygen atoms in total. The van der Waals surface area contributed by atoms with Crippen molar-refractivity contribution in [3.63, 3.8) is 0 Å². The van der Waals surface area contributed by atoms with E-state index in [4.69, 9.17) is 15.9 Å². The molecule has 0 aliphatic rings. The molecule has 0 aliphatic carbocycles. The molecule has 0 spiro atoms. The van der Waals surface area contributed by atoms with Gasteiger partial charge in [0.25, 0.3) is 0 Å². The second-order valence-electron chi connectivity index (χ2n) is 2.12. The topological polar surface area (TPSA) is 104 Å². The first-order chi connectivity index (χ1) is 5.74. The predicted molar refractivity (Wildman–Crippen MR) is 43.7 cm³/mol. The van der Waals surface area contributed by atoms with Crippen molar-refractivity contribution in [1.82, 2.24) is 9.97 Å². The van der Waals surface area contributed by atoms with E-state index in [0.29, 0.717) is 6.54 Å². The van der Waals surface area contributed by atoms with E-state index in [0.717, 1.165) is 0 Å². The van der Waals surface area contributed by atoms with Crippen LogP contribution in [-0.4, -0.2) is 33.3 Å². The molecule has 0 saturated heterocycles. The average molecular weight is 170 g/mol. The molecule has 1 rings (SSSR count). The van der Waals surface area contributed by atoms with Crippen LogP contribution in [0.3, 0.4) is 0 Å². The molecule has 0 bridgehead atoms. The molecule has 1 heterocycles. The zero-order valence-electron chi connectivity index (χ0n) is 6.36. The number of rotatable bonds is 3. The normalized spacial score (nSPS) is 9.75. The lowest BCUT2D eigenvalue weighted by Crippen LogP contribution is -2.08. The summed E-state index contributed by atoms with van der Waals surface area (Å²) in [7, 11) is 0. The zero-order valence-corrected chi connectivity index (χ0v) is 6.36. The summed E-state index contributed by atoms with van der Waals surface area (Å²) in [6.45, 7) is 0.317. The van der Waals surface area contributed by atoms with Crippen molar-refractivity contribution in [3.05, 3.63) is 6.20 Å². The summed E-state index contributed by atoms with van der Waals surface area (Å²) in [4.78, 5) is 7.37. The highest BCUT2D eigenvalue weighted by Crippen LogP contribution is 2.15. The highest BCUT2D eigenvalue weighted by atomic mass is 16.3. The fraction of sp³-hybridized carbons (Fsp3) is 0.333. The molecule has 0 saturated carbocycles. The second-order valence-corrected chi connectivity index (χ2v) is 2.12. The second kappa shape index (κ2) is 3.72. The number of anilines is 2. The number of aromatic nitrogens is 2. The summed E-state index contributed by atoms with van der Waals surface area (Å²) in [6, 6.07) is 0. The van der Waals surface area contributed by atoms with Crippen LogP contribution in [0.2, 0.25) is 0 Å². The van der Waals surface area contributed by atoms with Gasteiger partial charge in [0.1, 0.15) is 5.69 Å². The SMILES string of the molecule is Nc1cnc(NCCO)nc1O. The van der Waals surface area contributed by atoms with Gasteiger partial charge in [0, 0.05) is 6.54 Å². The molecule has 0 aliphatic heterocycles. The molecule has 0 aromatic carbocycles. The Morgan fingerprint density at radius 3 is 2.92 bits per heavy atom. The fourth-order valence-corrected chi connectivity index (χ4v) is 0.635. The highest BCUT2D eigenvalue weighted by molar-refractivity contribution is 5.47. The maximum absolute atomic E-state index is 9.02. The van der Waals surface area contributed by atoms with Crippen molar-refractivity contribution in [1.29, 1.82) is 0 Å². The lowest BCUT2D eigenvalue weighted by molar-refractivity contribution is 0.310. The van der Waals surface area contributed by atoms with Gasteiger partial charge in [0.05, 0.1) is 12.8 Å². The van der Waals surface area contributed by atoms with Crippen LogP contribution in [0.4, 0.5) is 11.6 Å². The standard InChI is InChI=1S/C6H10N4O2/c7-4-3-9-6(8-1-2-11)10-5(4)12/h3,11H,1-2,7H2,(H2,8,9,10,12). The van der Waals surface area contributed by atoms with Crippen LogP contribution in [0.1, 0.15) is 0 Å². The molecule has 5 N–H and O–H groups in total. The number of aliphatic hydroxyl groups excluding tert-OH is 1. The number of nitrogens with zero attached hydrogens (tertiary/aromatic N) is 2. The Morgan fingerprint density at radius 1 is 1.58 bits per heavy atom. The van der Waals surface area contributed by atoms with Crippen molar-refractivity contribution in [2.24, 2.45) is 0 Å². The molecule has 1 aromatic heterocycles. The minimum atomic E-state index is -0.259. The summed E-state index contributed by atoms with van der Waals surface area (Å²) in [5, 5.41) is 20.1. The van der Waals surface area contributed by atoms with Gasteiger partial charge in [-0.25, -0.2) is 4.98 Å². The lowest BCUT2D eigenvalue weighted by Gasteiger charge is -2.02. The maximum Gasteiger partial charge on any atom is 0.239 e. The number of nitrogens with two attached hydrogens (primary N) is 1. The van der Waals surface area contributed by atoms with E-state index in [1.165, 1.54) is 6.20 Å². The van der Waals surface area contributed by atoms with Gasteiger partial charge in [-0.1, -0.05) is 0 Å². The minimum absolute atomic E-state index is 0.0193. The van der Waals surface area contributed by atoms with Gasteiger partial charge in [-0.15, -0.1) is 0 Å². The van der Waals surface area contributed by atoms with Gasteiger partial charge >= 0.3 is 0 Å². The van der Waals surface area contributed by atoms with Crippen molar-refractivity contribution in [3.8, 4) is 5.88 Å². The molecule has 0 amide bonds. The number of nitrogen functional groups attached to an aromatic ring is 1. The average Bonchev–Trinajstić information content (AvgIpc) is 2.07. The Balaban J connectivity index is 2.69. The van der Waals surface area contributed by atoms with Crippen LogP contribution in [-0.2, 0) is 0 Å². The molecule has 0 atom stereocenters. The van der Waals surface area contributed by atoms with Gasteiger partial charge in [0.15, 0.2) is 0 Å². The van der Waals surface area contributed by atoms with Crippen molar-refractivity contribution < 1.29 is 10.2 Å². The summed E-state index contributed by atoms with van der Waals surface area (Å²) < 4.78 is 0. The number of aromatic hydroxyl groups is 1. The third-order valence-corrected chi connectivity index (χ3v) is 1.19. The summed E-state index contributed by atoms with van der Waals surface area (Å²) in [5.41, 5.74) is 5.39. The summed E-state index contributed by atoms with van der Waals surface area (Å²) in [5.74, 6) is -0.0128. The smallest absolute Gasteiger partial charge is 0.239 e. The molecule has 0 fully saturated rings.